The van der Waals surface area contributed by atoms with Crippen LogP contribution in [0.1, 0.15) is 31.8 Å². The molecule has 0 spiro atoms. The lowest BCUT2D eigenvalue weighted by molar-refractivity contribution is -0.384. The van der Waals surface area contributed by atoms with Gasteiger partial charge in [0.1, 0.15) is 6.73 Å². The van der Waals surface area contributed by atoms with E-state index in [1.54, 1.807) is 54.6 Å². The summed E-state index contributed by atoms with van der Waals surface area (Å²) in [5.74, 6) is -1.90. The van der Waals surface area contributed by atoms with Gasteiger partial charge in [-0.1, -0.05) is 60.7 Å². The lowest BCUT2D eigenvalue weighted by Crippen LogP contribution is -2.50. The number of nitro groups is 1. The summed E-state index contributed by atoms with van der Waals surface area (Å²) in [5.41, 5.74) is 2.77. The SMILES string of the molecule is O=C(N[C@@H](Cc1ccccc1)[C@H](O)C(=O)Nc1cccc(-c2nn[nH]n2)c1)c1cc(C(=O)N2COC[C@@H]2Cc2c[nH]c3ccccc23)cc([N+](=O)[O-])c1. The maximum atomic E-state index is 13.9. The van der Waals surface area contributed by atoms with Crippen molar-refractivity contribution >= 4 is 40.0 Å². The minimum Gasteiger partial charge on any atom is -0.381 e. The Morgan fingerprint density at radius 2 is 1.79 bits per heavy atom. The number of nitrogens with one attached hydrogen (secondary N) is 4. The number of hydrogen-bond donors (Lipinski definition) is 5. The van der Waals surface area contributed by atoms with Crippen molar-refractivity contribution in [1.29, 1.82) is 0 Å². The number of ether oxygens (including phenoxy) is 1. The molecule has 2 aromatic heterocycles. The number of aliphatic hydroxyl groups is 1. The zero-order valence-electron chi connectivity index (χ0n) is 28.0. The van der Waals surface area contributed by atoms with E-state index in [1.807, 2.05) is 30.5 Å². The van der Waals surface area contributed by atoms with Gasteiger partial charge in [0.05, 0.1) is 23.6 Å². The molecule has 3 amide bonds. The number of aromatic amines is 2. The monoisotopic (exact) mass is 715 g/mol. The first kappa shape index (κ1) is 34.7. The highest BCUT2D eigenvalue weighted by molar-refractivity contribution is 6.02. The Morgan fingerprint density at radius 1 is 1.00 bits per heavy atom. The number of benzene rings is 4. The molecule has 16 heteroatoms. The summed E-state index contributed by atoms with van der Waals surface area (Å²) in [6, 6.07) is 25.1. The van der Waals surface area contributed by atoms with Crippen LogP contribution in [0.2, 0.25) is 0 Å². The highest BCUT2D eigenvalue weighted by atomic mass is 16.6. The summed E-state index contributed by atoms with van der Waals surface area (Å²) in [5, 5.41) is 43.5. The molecule has 1 aliphatic rings. The number of nitro benzene ring substituents is 1. The number of tetrazole rings is 1. The van der Waals surface area contributed by atoms with Gasteiger partial charge in [-0.3, -0.25) is 24.5 Å². The van der Waals surface area contributed by atoms with E-state index in [-0.39, 0.29) is 36.9 Å². The maximum absolute atomic E-state index is 13.9. The average molecular weight is 716 g/mol. The van der Waals surface area contributed by atoms with Crippen molar-refractivity contribution in [1.82, 2.24) is 35.8 Å². The van der Waals surface area contributed by atoms with Gasteiger partial charge in [-0.25, -0.2) is 0 Å². The van der Waals surface area contributed by atoms with Gasteiger partial charge in [0.2, 0.25) is 5.82 Å². The zero-order valence-corrected chi connectivity index (χ0v) is 28.0. The summed E-state index contributed by atoms with van der Waals surface area (Å²) in [6.45, 7) is 0.227. The zero-order chi connectivity index (χ0) is 36.9. The first-order valence-corrected chi connectivity index (χ1v) is 16.6. The van der Waals surface area contributed by atoms with Gasteiger partial charge in [0.15, 0.2) is 6.10 Å². The normalized spacial score (nSPS) is 15.2. The van der Waals surface area contributed by atoms with Gasteiger partial charge in [0, 0.05) is 51.6 Å². The quantitative estimate of drug-likeness (QED) is 0.0914. The molecular formula is C37H33N9O7. The molecule has 0 aliphatic carbocycles. The van der Waals surface area contributed by atoms with E-state index in [2.05, 4.69) is 36.2 Å². The van der Waals surface area contributed by atoms with Gasteiger partial charge in [-0.05, 0) is 53.4 Å². The molecule has 0 saturated carbocycles. The fourth-order valence-electron chi connectivity index (χ4n) is 6.35. The molecule has 0 unspecified atom stereocenters. The third-order valence-electron chi connectivity index (χ3n) is 9.01. The topological polar surface area (TPSA) is 221 Å². The van der Waals surface area contributed by atoms with E-state index in [4.69, 9.17) is 4.74 Å². The number of carbonyl (C=O) groups is 3. The van der Waals surface area contributed by atoms with Crippen molar-refractivity contribution < 1.29 is 29.2 Å². The Labute approximate surface area is 301 Å². The molecule has 5 N–H and O–H groups in total. The number of rotatable bonds is 12. The van der Waals surface area contributed by atoms with E-state index in [9.17, 15) is 29.6 Å². The van der Waals surface area contributed by atoms with Crippen molar-refractivity contribution in [3.05, 3.63) is 136 Å². The second kappa shape index (κ2) is 15.2. The Bertz CT molecular complexity index is 2280. The lowest BCUT2D eigenvalue weighted by Gasteiger charge is -2.24. The van der Waals surface area contributed by atoms with Gasteiger partial charge < -0.3 is 30.4 Å². The predicted octanol–water partition coefficient (Wildman–Crippen LogP) is 3.64. The summed E-state index contributed by atoms with van der Waals surface area (Å²) in [4.78, 5) is 57.2. The Hall–Kier alpha value is -6.78. The largest absolute Gasteiger partial charge is 0.381 e. The summed E-state index contributed by atoms with van der Waals surface area (Å²) >= 11 is 0. The van der Waals surface area contributed by atoms with Crippen LogP contribution in [-0.2, 0) is 22.4 Å². The van der Waals surface area contributed by atoms with E-state index < -0.39 is 40.5 Å². The molecule has 16 nitrogen and oxygen atoms in total. The number of aromatic nitrogens is 5. The molecule has 3 atom stereocenters. The Balaban J connectivity index is 1.12. The summed E-state index contributed by atoms with van der Waals surface area (Å²) in [6.07, 6.45) is 0.626. The van der Waals surface area contributed by atoms with Gasteiger partial charge in [-0.2, -0.15) is 5.21 Å². The molecule has 1 aliphatic heterocycles. The molecule has 6 aromatic rings. The standard InChI is InChI=1S/C37H33N9O7/c47-33(36(49)39-27-10-6-9-23(15-27)34-41-43-44-42-34)32(13-22-7-2-1-3-8-22)40-35(48)24-14-25(17-28(16-24)46(51)52)37(50)45-21-53-20-29(45)18-26-19-38-31-12-5-4-11-30(26)31/h1-12,14-17,19,29,32-33,38,47H,13,18,20-21H2,(H,39,49)(H,40,48)(H,41,42,43,44)/t29-,32-,33-/m0/s1. The van der Waals surface area contributed by atoms with Crippen molar-refractivity contribution in [3.8, 4) is 11.4 Å². The second-order valence-electron chi connectivity index (χ2n) is 12.5. The second-order valence-corrected chi connectivity index (χ2v) is 12.5. The number of amides is 3. The average Bonchev–Trinajstić information content (AvgIpc) is 3.97. The smallest absolute Gasteiger partial charge is 0.271 e. The van der Waals surface area contributed by atoms with Gasteiger partial charge >= 0.3 is 0 Å². The van der Waals surface area contributed by atoms with E-state index in [0.29, 0.717) is 29.1 Å². The molecule has 3 heterocycles. The highest BCUT2D eigenvalue weighted by Gasteiger charge is 2.33. The number of non-ortho nitro benzene ring substituents is 1. The number of hydrogen-bond acceptors (Lipinski definition) is 10. The summed E-state index contributed by atoms with van der Waals surface area (Å²) < 4.78 is 5.66. The number of H-pyrrole nitrogens is 2. The number of para-hydroxylation sites is 1. The van der Waals surface area contributed by atoms with Crippen LogP contribution in [0.15, 0.2) is 103 Å². The number of fused-ring (bicyclic) bond motifs is 1. The number of carbonyl (C=O) groups excluding carboxylic acids is 3. The number of aliphatic hydroxyl groups excluding tert-OH is 1. The minimum absolute atomic E-state index is 0.0331. The molecule has 268 valence electrons. The van der Waals surface area contributed by atoms with Crippen LogP contribution >= 0.6 is 0 Å². The van der Waals surface area contributed by atoms with E-state index in [0.717, 1.165) is 28.6 Å². The molecule has 1 saturated heterocycles. The summed E-state index contributed by atoms with van der Waals surface area (Å²) in [7, 11) is 0. The van der Waals surface area contributed by atoms with Crippen LogP contribution in [0.5, 0.6) is 0 Å². The van der Waals surface area contributed by atoms with Crippen molar-refractivity contribution in [3.63, 3.8) is 0 Å². The maximum Gasteiger partial charge on any atom is 0.271 e. The molecule has 53 heavy (non-hydrogen) atoms. The molecular weight excluding hydrogens is 682 g/mol. The van der Waals surface area contributed by atoms with Crippen molar-refractivity contribution in [2.24, 2.45) is 0 Å². The van der Waals surface area contributed by atoms with Crippen LogP contribution in [0.25, 0.3) is 22.3 Å². The fraction of sp³-hybridized carbons (Fsp3) is 0.189. The Kier molecular flexibility index (Phi) is 9.95. The number of nitrogens with zero attached hydrogens (tertiary/aromatic N) is 5. The van der Waals surface area contributed by atoms with Crippen LogP contribution in [-0.4, -0.2) is 89.8 Å². The molecule has 7 rings (SSSR count). The molecule has 1 fully saturated rings. The van der Waals surface area contributed by atoms with Crippen molar-refractivity contribution in [2.75, 3.05) is 18.7 Å². The molecule has 0 radical (unpaired) electrons. The van der Waals surface area contributed by atoms with E-state index in [1.165, 1.54) is 11.0 Å². The highest BCUT2D eigenvalue weighted by Crippen LogP contribution is 2.26. The van der Waals surface area contributed by atoms with E-state index >= 15 is 0 Å². The predicted molar refractivity (Wildman–Crippen MR) is 192 cm³/mol. The molecule has 0 bridgehead atoms. The van der Waals surface area contributed by atoms with Crippen LogP contribution in [0, 0.1) is 10.1 Å². The first-order valence-electron chi connectivity index (χ1n) is 16.6. The third-order valence-corrected chi connectivity index (χ3v) is 9.01. The fourth-order valence-corrected chi connectivity index (χ4v) is 6.35. The first-order chi connectivity index (χ1) is 25.7. The van der Waals surface area contributed by atoms with Crippen LogP contribution in [0.4, 0.5) is 11.4 Å². The lowest BCUT2D eigenvalue weighted by atomic mass is 9.99. The third kappa shape index (κ3) is 7.78. The van der Waals surface area contributed by atoms with Gasteiger partial charge in [-0.15, -0.1) is 10.2 Å². The molecule has 4 aromatic carbocycles. The van der Waals surface area contributed by atoms with Crippen LogP contribution in [0.3, 0.4) is 0 Å². The number of anilines is 1. The van der Waals surface area contributed by atoms with Gasteiger partial charge in [0.25, 0.3) is 23.4 Å². The Morgan fingerprint density at radius 3 is 2.58 bits per heavy atom. The minimum atomic E-state index is -1.76. The van der Waals surface area contributed by atoms with Crippen LogP contribution < -0.4 is 10.6 Å². The van der Waals surface area contributed by atoms with Crippen molar-refractivity contribution in [2.45, 2.75) is 31.0 Å².